The molecule has 10 heteroatoms. The largest absolute Gasteiger partial charge is 0.415 e. The summed E-state index contributed by atoms with van der Waals surface area (Å²) in [6.07, 6.45) is 5.41. The molecule has 0 bridgehead atoms. The van der Waals surface area contributed by atoms with Gasteiger partial charge in [-0.3, -0.25) is 19.5 Å². The van der Waals surface area contributed by atoms with E-state index in [2.05, 4.69) is 10.3 Å². The highest BCUT2D eigenvalue weighted by Gasteiger charge is 2.57. The predicted molar refractivity (Wildman–Crippen MR) is 144 cm³/mol. The summed E-state index contributed by atoms with van der Waals surface area (Å²) < 4.78 is 5.64. The molecule has 3 fully saturated rings. The van der Waals surface area contributed by atoms with Crippen LogP contribution < -0.4 is 10.1 Å². The molecule has 0 unspecified atom stereocenters. The highest BCUT2D eigenvalue weighted by molar-refractivity contribution is 6.42. The van der Waals surface area contributed by atoms with Crippen LogP contribution in [0, 0.1) is 11.3 Å². The van der Waals surface area contributed by atoms with E-state index in [-0.39, 0.29) is 35.5 Å². The summed E-state index contributed by atoms with van der Waals surface area (Å²) in [4.78, 5) is 48.1. The van der Waals surface area contributed by atoms with Gasteiger partial charge < -0.3 is 15.0 Å². The lowest BCUT2D eigenvalue weighted by Gasteiger charge is -2.44. The Morgan fingerprint density at radius 1 is 1.08 bits per heavy atom. The second kappa shape index (κ2) is 10.5. The summed E-state index contributed by atoms with van der Waals surface area (Å²) in [6.45, 7) is 3.84. The number of halogens is 2. The number of ether oxygens (including phenoxy) is 1. The summed E-state index contributed by atoms with van der Waals surface area (Å²) in [7, 11) is 1.62. The molecule has 2 amide bonds. The number of Topliss-reactive ketones (excluding diaryl/α,β-unsaturated/α-hetero) is 1. The van der Waals surface area contributed by atoms with E-state index < -0.39 is 11.6 Å². The van der Waals surface area contributed by atoms with Crippen molar-refractivity contribution in [2.24, 2.45) is 11.3 Å². The number of benzene rings is 1. The number of ketones is 1. The second-order valence-electron chi connectivity index (χ2n) is 10.9. The predicted octanol–water partition coefficient (Wildman–Crippen LogP) is 4.55. The van der Waals surface area contributed by atoms with Crippen molar-refractivity contribution in [3.8, 4) is 5.75 Å². The lowest BCUT2D eigenvalue weighted by molar-refractivity contribution is -0.142. The number of piperidine rings is 1. The third-order valence-corrected chi connectivity index (χ3v) is 9.23. The van der Waals surface area contributed by atoms with E-state index in [1.807, 2.05) is 17.9 Å². The molecular weight excluding hydrogens is 527 g/mol. The molecule has 2 aromatic rings. The van der Waals surface area contributed by atoms with Crippen molar-refractivity contribution in [2.75, 3.05) is 33.2 Å². The highest BCUT2D eigenvalue weighted by Crippen LogP contribution is 2.47. The minimum Gasteiger partial charge on any atom is -0.410 e. The van der Waals surface area contributed by atoms with Crippen LogP contribution in [0.25, 0.3) is 0 Å². The molecule has 1 aromatic carbocycles. The Morgan fingerprint density at radius 2 is 1.76 bits per heavy atom. The average Bonchev–Trinajstić information content (AvgIpc) is 3.53. The fraction of sp³-hybridized carbons (Fsp3) is 0.500. The fourth-order valence-corrected chi connectivity index (χ4v) is 6.12. The maximum Gasteiger partial charge on any atom is 0.415 e. The molecule has 1 aliphatic carbocycles. The lowest BCUT2D eigenvalue weighted by Crippen LogP contribution is -2.62. The minimum atomic E-state index is -1.21. The van der Waals surface area contributed by atoms with Crippen molar-refractivity contribution >= 4 is 41.0 Å². The number of nitrogens with zero attached hydrogens (tertiary/aromatic N) is 3. The number of hydrogen-bond donors (Lipinski definition) is 1. The van der Waals surface area contributed by atoms with Crippen molar-refractivity contribution in [3.63, 3.8) is 0 Å². The molecule has 0 spiro atoms. The number of pyridine rings is 1. The van der Waals surface area contributed by atoms with Crippen LogP contribution >= 0.6 is 23.2 Å². The van der Waals surface area contributed by atoms with E-state index in [4.69, 9.17) is 27.9 Å². The quantitative estimate of drug-likeness (QED) is 0.559. The molecule has 202 valence electrons. The Kier molecular flexibility index (Phi) is 7.42. The van der Waals surface area contributed by atoms with Gasteiger partial charge in [-0.05, 0) is 55.5 Å². The molecule has 3 heterocycles. The standard InChI is InChI=1S/C28H32Cl2N4O4/c1-27(9-10-27)25(36)34-13-7-18(8-14-34)24(35)28(33(2)26(37)38-20-5-11-31-12-6-20)17-32-16-21(28)19-3-4-22(29)23(30)15-19/h3-6,11-12,15,18,21,32H,7-10,13-14,16-17H2,1-2H3/t21-,28+/m0/s1. The van der Waals surface area contributed by atoms with Gasteiger partial charge >= 0.3 is 6.09 Å². The van der Waals surface area contributed by atoms with Crippen LogP contribution in [-0.4, -0.2) is 71.3 Å². The first-order valence-corrected chi connectivity index (χ1v) is 13.8. The molecule has 2 atom stereocenters. The Labute approximate surface area is 232 Å². The highest BCUT2D eigenvalue weighted by atomic mass is 35.5. The molecule has 1 N–H and O–H groups in total. The molecule has 5 rings (SSSR count). The number of nitrogens with one attached hydrogen (secondary N) is 1. The minimum absolute atomic E-state index is 0.0301. The normalized spacial score (nSPS) is 24.6. The zero-order valence-electron chi connectivity index (χ0n) is 21.6. The number of carbonyl (C=O) groups is 3. The van der Waals surface area contributed by atoms with Crippen molar-refractivity contribution in [3.05, 3.63) is 58.3 Å². The Morgan fingerprint density at radius 3 is 2.39 bits per heavy atom. The molecule has 0 radical (unpaired) electrons. The van der Waals surface area contributed by atoms with E-state index in [0.717, 1.165) is 18.4 Å². The first-order valence-electron chi connectivity index (χ1n) is 13.0. The van der Waals surface area contributed by atoms with Crippen molar-refractivity contribution in [1.82, 2.24) is 20.1 Å². The summed E-state index contributed by atoms with van der Waals surface area (Å²) in [5.74, 6) is -0.168. The van der Waals surface area contributed by atoms with Crippen LogP contribution in [-0.2, 0) is 9.59 Å². The topological polar surface area (TPSA) is 91.8 Å². The number of aromatic nitrogens is 1. The molecule has 1 aromatic heterocycles. The molecule has 2 saturated heterocycles. The van der Waals surface area contributed by atoms with E-state index >= 15 is 0 Å². The van der Waals surface area contributed by atoms with E-state index in [0.29, 0.717) is 48.3 Å². The van der Waals surface area contributed by atoms with E-state index in [1.54, 1.807) is 31.3 Å². The van der Waals surface area contributed by atoms with Crippen molar-refractivity contribution in [2.45, 2.75) is 44.1 Å². The van der Waals surface area contributed by atoms with Crippen LogP contribution in [0.4, 0.5) is 4.79 Å². The number of rotatable bonds is 6. The zero-order valence-corrected chi connectivity index (χ0v) is 23.1. The zero-order chi connectivity index (χ0) is 27.1. The lowest BCUT2D eigenvalue weighted by atomic mass is 9.72. The SMILES string of the molecule is CN(C(=O)Oc1ccncc1)[C@]1(C(=O)C2CCN(C(=O)C3(C)CC3)CC2)CNC[C@H]1c1ccc(Cl)c(Cl)c1. The third-order valence-electron chi connectivity index (χ3n) is 8.49. The molecule has 1 saturated carbocycles. The maximum atomic E-state index is 14.5. The van der Waals surface area contributed by atoms with E-state index in [9.17, 15) is 14.4 Å². The molecule has 38 heavy (non-hydrogen) atoms. The fourth-order valence-electron chi connectivity index (χ4n) is 5.82. The summed E-state index contributed by atoms with van der Waals surface area (Å²) in [6, 6.07) is 8.52. The Balaban J connectivity index is 1.44. The third kappa shape index (κ3) is 4.90. The Bertz CT molecular complexity index is 1230. The summed E-state index contributed by atoms with van der Waals surface area (Å²) >= 11 is 12.6. The van der Waals surface area contributed by atoms with Crippen LogP contribution in [0.2, 0.25) is 10.0 Å². The number of amides is 2. The van der Waals surface area contributed by atoms with Crippen LogP contribution in [0.1, 0.15) is 44.1 Å². The van der Waals surface area contributed by atoms with Gasteiger partial charge in [0.25, 0.3) is 0 Å². The average molecular weight is 559 g/mol. The van der Waals surface area contributed by atoms with Gasteiger partial charge in [0.15, 0.2) is 5.78 Å². The van der Waals surface area contributed by atoms with Gasteiger partial charge in [-0.1, -0.05) is 36.2 Å². The van der Waals surface area contributed by atoms with Gasteiger partial charge in [-0.25, -0.2) is 4.79 Å². The Hall–Kier alpha value is -2.68. The first kappa shape index (κ1) is 26.9. The summed E-state index contributed by atoms with van der Waals surface area (Å²) in [5, 5.41) is 4.16. The van der Waals surface area contributed by atoms with Crippen LogP contribution in [0.15, 0.2) is 42.7 Å². The van der Waals surface area contributed by atoms with Gasteiger partial charge in [0.2, 0.25) is 5.91 Å². The molecule has 2 aliphatic heterocycles. The smallest absolute Gasteiger partial charge is 0.410 e. The van der Waals surface area contributed by atoms with Crippen LogP contribution in [0.3, 0.4) is 0 Å². The van der Waals surface area contributed by atoms with E-state index in [1.165, 1.54) is 17.3 Å². The number of hydrogen-bond acceptors (Lipinski definition) is 6. The molecular formula is C28H32Cl2N4O4. The van der Waals surface area contributed by atoms with Gasteiger partial charge in [0, 0.05) is 62.9 Å². The second-order valence-corrected chi connectivity index (χ2v) is 11.7. The number of likely N-dealkylation sites (N-methyl/N-ethyl adjacent to an activating group) is 1. The van der Waals surface area contributed by atoms with Gasteiger partial charge in [0.05, 0.1) is 10.0 Å². The molecule has 3 aliphatic rings. The monoisotopic (exact) mass is 558 g/mol. The van der Waals surface area contributed by atoms with Crippen molar-refractivity contribution in [1.29, 1.82) is 0 Å². The van der Waals surface area contributed by atoms with Crippen LogP contribution in [0.5, 0.6) is 5.75 Å². The molecule has 8 nitrogen and oxygen atoms in total. The van der Waals surface area contributed by atoms with Gasteiger partial charge in [0.1, 0.15) is 11.3 Å². The van der Waals surface area contributed by atoms with Crippen molar-refractivity contribution < 1.29 is 19.1 Å². The summed E-state index contributed by atoms with van der Waals surface area (Å²) in [5.41, 5.74) is -0.625. The first-order chi connectivity index (χ1) is 18.2. The number of likely N-dealkylation sites (tertiary alicyclic amines) is 1. The van der Waals surface area contributed by atoms with Gasteiger partial charge in [-0.2, -0.15) is 0 Å². The van der Waals surface area contributed by atoms with Gasteiger partial charge in [-0.15, -0.1) is 0 Å². The number of carbonyl (C=O) groups excluding carboxylic acids is 3. The maximum absolute atomic E-state index is 14.5.